The molecule has 2 N–H and O–H groups in total. The topological polar surface area (TPSA) is 97.2 Å². The van der Waals surface area contributed by atoms with Crippen molar-refractivity contribution in [3.63, 3.8) is 0 Å². The maximum atomic E-state index is 11.7. The largest absolute Gasteiger partial charge is 0.489 e. The summed E-state index contributed by atoms with van der Waals surface area (Å²) in [6.07, 6.45) is 3.30. The number of benzene rings is 2. The van der Waals surface area contributed by atoms with Crippen molar-refractivity contribution in [3.8, 4) is 17.0 Å². The van der Waals surface area contributed by atoms with Gasteiger partial charge in [-0.25, -0.2) is 14.8 Å². The lowest BCUT2D eigenvalue weighted by Gasteiger charge is -2.15. The lowest BCUT2D eigenvalue weighted by atomic mass is 10.1. The summed E-state index contributed by atoms with van der Waals surface area (Å²) in [6, 6.07) is 23.8. The molecule has 0 saturated carbocycles. The molecule has 0 spiro atoms. The van der Waals surface area contributed by atoms with Gasteiger partial charge in [-0.15, -0.1) is 0 Å². The van der Waals surface area contributed by atoms with Crippen molar-refractivity contribution >= 4 is 11.8 Å². The third-order valence-electron chi connectivity index (χ3n) is 4.83. The van der Waals surface area contributed by atoms with Crippen molar-refractivity contribution in [1.29, 1.82) is 0 Å². The van der Waals surface area contributed by atoms with Crippen LogP contribution >= 0.6 is 0 Å². The van der Waals surface area contributed by atoms with Gasteiger partial charge in [-0.2, -0.15) is 0 Å². The van der Waals surface area contributed by atoms with Gasteiger partial charge in [0.2, 0.25) is 0 Å². The first-order valence-corrected chi connectivity index (χ1v) is 10.2. The van der Waals surface area contributed by atoms with E-state index >= 15 is 0 Å². The van der Waals surface area contributed by atoms with Crippen molar-refractivity contribution in [1.82, 2.24) is 15.0 Å². The second-order valence-electron chi connectivity index (χ2n) is 7.15. The van der Waals surface area contributed by atoms with E-state index in [0.29, 0.717) is 23.8 Å². The minimum atomic E-state index is -0.976. The van der Waals surface area contributed by atoms with Crippen molar-refractivity contribution < 1.29 is 14.6 Å². The van der Waals surface area contributed by atoms with Crippen LogP contribution in [0.15, 0.2) is 91.4 Å². The third-order valence-corrected chi connectivity index (χ3v) is 4.83. The van der Waals surface area contributed by atoms with Gasteiger partial charge in [0, 0.05) is 29.9 Å². The highest BCUT2D eigenvalue weighted by atomic mass is 16.5. The van der Waals surface area contributed by atoms with Crippen LogP contribution in [0.4, 0.5) is 5.82 Å². The minimum absolute atomic E-state index is 0.239. The molecule has 0 aliphatic rings. The first-order chi connectivity index (χ1) is 15.7. The van der Waals surface area contributed by atoms with Crippen LogP contribution in [0.25, 0.3) is 11.3 Å². The number of carboxylic acid groups (broad SMARTS) is 1. The molecule has 4 rings (SSSR count). The Labute approximate surface area is 185 Å². The molecule has 0 fully saturated rings. The van der Waals surface area contributed by atoms with Gasteiger partial charge in [0.05, 0.1) is 5.69 Å². The smallest absolute Gasteiger partial charge is 0.326 e. The fourth-order valence-electron chi connectivity index (χ4n) is 3.16. The number of hydrogen-bond donors (Lipinski definition) is 2. The molecule has 2 aromatic carbocycles. The number of nitrogens with one attached hydrogen (secondary N) is 1. The molecule has 160 valence electrons. The highest BCUT2D eigenvalue weighted by Crippen LogP contribution is 2.23. The fraction of sp³-hybridized carbons (Fsp3) is 0.120. The predicted octanol–water partition coefficient (Wildman–Crippen LogP) is 4.23. The Morgan fingerprint density at radius 3 is 2.44 bits per heavy atom. The maximum Gasteiger partial charge on any atom is 0.326 e. The molecule has 0 aliphatic heterocycles. The quantitative estimate of drug-likeness (QED) is 0.413. The van der Waals surface area contributed by atoms with Gasteiger partial charge in [0.25, 0.3) is 0 Å². The highest BCUT2D eigenvalue weighted by molar-refractivity contribution is 5.77. The highest BCUT2D eigenvalue weighted by Gasteiger charge is 2.19. The monoisotopic (exact) mass is 426 g/mol. The molecule has 2 aromatic heterocycles. The van der Waals surface area contributed by atoms with Crippen LogP contribution in [-0.2, 0) is 17.8 Å². The van der Waals surface area contributed by atoms with E-state index in [4.69, 9.17) is 4.74 Å². The number of hydrogen-bond acceptors (Lipinski definition) is 6. The Morgan fingerprint density at radius 2 is 1.72 bits per heavy atom. The van der Waals surface area contributed by atoms with E-state index < -0.39 is 12.0 Å². The molecule has 0 radical (unpaired) electrons. The molecular weight excluding hydrogens is 404 g/mol. The summed E-state index contributed by atoms with van der Waals surface area (Å²) in [4.78, 5) is 24.4. The fourth-order valence-corrected chi connectivity index (χ4v) is 3.16. The number of nitrogens with zero attached hydrogens (tertiary/aromatic N) is 3. The average Bonchev–Trinajstić information content (AvgIpc) is 2.84. The summed E-state index contributed by atoms with van der Waals surface area (Å²) in [5, 5.41) is 12.6. The van der Waals surface area contributed by atoms with Crippen LogP contribution in [-0.4, -0.2) is 32.1 Å². The van der Waals surface area contributed by atoms with Crippen LogP contribution in [0.2, 0.25) is 0 Å². The lowest BCUT2D eigenvalue weighted by Crippen LogP contribution is -2.32. The summed E-state index contributed by atoms with van der Waals surface area (Å²) in [6.45, 7) is 0.495. The van der Waals surface area contributed by atoms with E-state index in [9.17, 15) is 9.90 Å². The lowest BCUT2D eigenvalue weighted by molar-refractivity contribution is -0.137. The average molecular weight is 426 g/mol. The van der Waals surface area contributed by atoms with Crippen LogP contribution < -0.4 is 10.1 Å². The van der Waals surface area contributed by atoms with Crippen molar-refractivity contribution in [2.75, 3.05) is 5.32 Å². The standard InChI is InChI=1S/C25H22N4O3/c30-25(31)23(14-20-8-4-5-13-26-20)29-24-15-22(27-17-28-24)19-9-11-21(12-10-19)32-16-18-6-2-1-3-7-18/h1-13,15,17,23H,14,16H2,(H,30,31)(H,27,28,29)/t23-/m0/s1. The summed E-state index contributed by atoms with van der Waals surface area (Å²) in [7, 11) is 0. The first kappa shape index (κ1) is 21.0. The van der Waals surface area contributed by atoms with E-state index in [0.717, 1.165) is 16.9 Å². The number of aliphatic carboxylic acids is 1. The summed E-state index contributed by atoms with van der Waals surface area (Å²) in [5.74, 6) is 0.213. The SMILES string of the molecule is O=C(O)[C@H](Cc1ccccn1)Nc1cc(-c2ccc(OCc3ccccc3)cc2)ncn1. The molecule has 0 amide bonds. The van der Waals surface area contributed by atoms with Crippen molar-refractivity contribution in [2.24, 2.45) is 0 Å². The third kappa shape index (κ3) is 5.66. The maximum absolute atomic E-state index is 11.7. The molecule has 0 saturated heterocycles. The Morgan fingerprint density at radius 1 is 0.938 bits per heavy atom. The predicted molar refractivity (Wildman–Crippen MR) is 121 cm³/mol. The molecule has 0 unspecified atom stereocenters. The van der Waals surface area contributed by atoms with E-state index in [2.05, 4.69) is 20.3 Å². The number of rotatable bonds is 9. The number of pyridine rings is 1. The number of carboxylic acids is 1. The molecule has 2 heterocycles. The number of carbonyl (C=O) groups is 1. The Bertz CT molecular complexity index is 1150. The van der Waals surface area contributed by atoms with Gasteiger partial charge in [-0.1, -0.05) is 36.4 Å². The Kier molecular flexibility index (Phi) is 6.67. The summed E-state index contributed by atoms with van der Waals surface area (Å²) in [5.41, 5.74) is 3.34. The molecule has 0 aliphatic carbocycles. The molecule has 1 atom stereocenters. The molecule has 0 bridgehead atoms. The molecule has 32 heavy (non-hydrogen) atoms. The second kappa shape index (κ2) is 10.2. The number of aromatic nitrogens is 3. The minimum Gasteiger partial charge on any atom is -0.489 e. The summed E-state index contributed by atoms with van der Waals surface area (Å²) < 4.78 is 5.83. The molecule has 4 aromatic rings. The van der Waals surface area contributed by atoms with Crippen LogP contribution in [0.5, 0.6) is 5.75 Å². The van der Waals surface area contributed by atoms with Gasteiger partial charge in [-0.05, 0) is 42.0 Å². The van der Waals surface area contributed by atoms with Crippen LogP contribution in [0, 0.1) is 0 Å². The Hall–Kier alpha value is -4.26. The molecular formula is C25H22N4O3. The van der Waals surface area contributed by atoms with Gasteiger partial charge in [0.1, 0.15) is 30.5 Å². The normalized spacial score (nSPS) is 11.5. The second-order valence-corrected chi connectivity index (χ2v) is 7.15. The zero-order chi connectivity index (χ0) is 22.2. The summed E-state index contributed by atoms with van der Waals surface area (Å²) >= 11 is 0. The van der Waals surface area contributed by atoms with Crippen molar-refractivity contribution in [2.45, 2.75) is 19.1 Å². The first-order valence-electron chi connectivity index (χ1n) is 10.2. The van der Waals surface area contributed by atoms with E-state index in [1.54, 1.807) is 24.4 Å². The zero-order valence-corrected chi connectivity index (χ0v) is 17.3. The molecule has 7 nitrogen and oxygen atoms in total. The van der Waals surface area contributed by atoms with E-state index in [1.807, 2.05) is 60.7 Å². The van der Waals surface area contributed by atoms with Gasteiger partial charge < -0.3 is 15.2 Å². The van der Waals surface area contributed by atoms with Crippen LogP contribution in [0.3, 0.4) is 0 Å². The van der Waals surface area contributed by atoms with Gasteiger partial charge in [0.15, 0.2) is 0 Å². The van der Waals surface area contributed by atoms with Gasteiger partial charge >= 0.3 is 5.97 Å². The van der Waals surface area contributed by atoms with Crippen molar-refractivity contribution in [3.05, 3.63) is 103 Å². The van der Waals surface area contributed by atoms with Gasteiger partial charge in [-0.3, -0.25) is 4.98 Å². The van der Waals surface area contributed by atoms with E-state index in [1.165, 1.54) is 6.33 Å². The Balaban J connectivity index is 1.43. The van der Waals surface area contributed by atoms with Crippen LogP contribution in [0.1, 0.15) is 11.3 Å². The molecule has 7 heteroatoms. The number of anilines is 1. The van der Waals surface area contributed by atoms with E-state index in [-0.39, 0.29) is 6.42 Å². The zero-order valence-electron chi connectivity index (χ0n) is 17.3. The number of ether oxygens (including phenoxy) is 1.